The number of aliphatic hydroxyl groups excluding tert-OH is 1. The number of likely N-dealkylation sites (N-methyl/N-ethyl adjacent to an activating group) is 1. The summed E-state index contributed by atoms with van der Waals surface area (Å²) in [6.45, 7) is 7.12. The number of aliphatic hydroxyl groups is 1. The van der Waals surface area contributed by atoms with Gasteiger partial charge in [-0.2, -0.15) is 4.31 Å². The molecule has 1 aromatic carbocycles. The topological polar surface area (TPSA) is 79.3 Å². The average molecular weight is 491 g/mol. The van der Waals surface area contributed by atoms with E-state index in [0.29, 0.717) is 30.7 Å². The molecule has 7 nitrogen and oxygen atoms in total. The SMILES string of the molecule is C[C@H]1CN([C@@H](C)CO)S(=O)(=O)c2ccc(C#CC3CC3)cc2O[C@H]1CN(C)CC1CCOCC1. The van der Waals surface area contributed by atoms with Crippen LogP contribution in [0.1, 0.15) is 45.1 Å². The van der Waals surface area contributed by atoms with Crippen LogP contribution in [0.3, 0.4) is 0 Å². The van der Waals surface area contributed by atoms with Crippen molar-refractivity contribution in [3.63, 3.8) is 0 Å². The molecule has 4 rings (SSSR count). The van der Waals surface area contributed by atoms with Crippen molar-refractivity contribution in [3.05, 3.63) is 23.8 Å². The van der Waals surface area contributed by atoms with Crippen LogP contribution in [-0.4, -0.2) is 81.4 Å². The van der Waals surface area contributed by atoms with Gasteiger partial charge in [0.25, 0.3) is 0 Å². The number of nitrogens with zero attached hydrogens (tertiary/aromatic N) is 2. The van der Waals surface area contributed by atoms with E-state index in [2.05, 4.69) is 23.8 Å². The van der Waals surface area contributed by atoms with E-state index in [1.54, 1.807) is 25.1 Å². The number of hydrogen-bond acceptors (Lipinski definition) is 6. The smallest absolute Gasteiger partial charge is 0.247 e. The molecular weight excluding hydrogens is 452 g/mol. The normalized spacial score (nSPS) is 26.5. The zero-order valence-electron chi connectivity index (χ0n) is 20.6. The molecule has 0 bridgehead atoms. The van der Waals surface area contributed by atoms with Crippen LogP contribution in [0.25, 0.3) is 0 Å². The highest BCUT2D eigenvalue weighted by molar-refractivity contribution is 7.89. The van der Waals surface area contributed by atoms with Crippen LogP contribution < -0.4 is 4.74 Å². The van der Waals surface area contributed by atoms with Gasteiger partial charge in [-0.15, -0.1) is 0 Å². The Balaban J connectivity index is 1.62. The predicted molar refractivity (Wildman–Crippen MR) is 131 cm³/mol. The first kappa shape index (κ1) is 25.5. The van der Waals surface area contributed by atoms with Crippen molar-refractivity contribution >= 4 is 10.0 Å². The monoisotopic (exact) mass is 490 g/mol. The third-order valence-corrected chi connectivity index (χ3v) is 9.09. The predicted octanol–water partition coefficient (Wildman–Crippen LogP) is 2.58. The van der Waals surface area contributed by atoms with Crippen LogP contribution in [-0.2, 0) is 14.8 Å². The van der Waals surface area contributed by atoms with Gasteiger partial charge in [0.2, 0.25) is 10.0 Å². The highest BCUT2D eigenvalue weighted by Crippen LogP contribution is 2.34. The van der Waals surface area contributed by atoms with Crippen LogP contribution in [0.4, 0.5) is 0 Å². The van der Waals surface area contributed by atoms with Crippen molar-refractivity contribution < 1.29 is 23.0 Å². The van der Waals surface area contributed by atoms with E-state index in [0.717, 1.165) is 51.0 Å². The summed E-state index contributed by atoms with van der Waals surface area (Å²) in [5.41, 5.74) is 0.769. The van der Waals surface area contributed by atoms with Gasteiger partial charge >= 0.3 is 0 Å². The van der Waals surface area contributed by atoms with Crippen LogP contribution in [0.5, 0.6) is 5.75 Å². The molecule has 0 amide bonds. The zero-order valence-corrected chi connectivity index (χ0v) is 21.4. The van der Waals surface area contributed by atoms with E-state index in [1.807, 2.05) is 6.92 Å². The second kappa shape index (κ2) is 11.0. The van der Waals surface area contributed by atoms with Crippen molar-refractivity contribution in [1.29, 1.82) is 0 Å². The molecule has 0 aromatic heterocycles. The Bertz CT molecular complexity index is 1010. The van der Waals surface area contributed by atoms with Gasteiger partial charge in [0, 0.05) is 56.3 Å². The number of rotatable bonds is 6. The lowest BCUT2D eigenvalue weighted by molar-refractivity contribution is 0.0402. The molecule has 2 aliphatic heterocycles. The van der Waals surface area contributed by atoms with Gasteiger partial charge in [0.15, 0.2) is 0 Å². The van der Waals surface area contributed by atoms with E-state index >= 15 is 0 Å². The molecule has 3 aliphatic rings. The summed E-state index contributed by atoms with van der Waals surface area (Å²) >= 11 is 0. The summed E-state index contributed by atoms with van der Waals surface area (Å²) in [6.07, 6.45) is 4.21. The zero-order chi connectivity index (χ0) is 24.3. The lowest BCUT2D eigenvalue weighted by Crippen LogP contribution is -2.50. The third-order valence-electron chi connectivity index (χ3n) is 7.07. The van der Waals surface area contributed by atoms with E-state index in [1.165, 1.54) is 4.31 Å². The summed E-state index contributed by atoms with van der Waals surface area (Å²) in [6, 6.07) is 4.62. The summed E-state index contributed by atoms with van der Waals surface area (Å²) < 4.78 is 40.5. The van der Waals surface area contributed by atoms with Gasteiger partial charge in [-0.1, -0.05) is 18.8 Å². The largest absolute Gasteiger partial charge is 0.487 e. The van der Waals surface area contributed by atoms with Gasteiger partial charge in [0.1, 0.15) is 16.7 Å². The van der Waals surface area contributed by atoms with E-state index in [4.69, 9.17) is 9.47 Å². The van der Waals surface area contributed by atoms with Gasteiger partial charge in [-0.05, 0) is 63.8 Å². The van der Waals surface area contributed by atoms with E-state index in [-0.39, 0.29) is 23.5 Å². The average Bonchev–Trinajstić information content (AvgIpc) is 3.64. The van der Waals surface area contributed by atoms with Gasteiger partial charge in [-0.3, -0.25) is 0 Å². The minimum atomic E-state index is -3.82. The molecule has 1 N–H and O–H groups in total. The van der Waals surface area contributed by atoms with Crippen molar-refractivity contribution in [1.82, 2.24) is 9.21 Å². The maximum atomic E-state index is 13.6. The molecule has 1 saturated carbocycles. The maximum Gasteiger partial charge on any atom is 0.247 e. The summed E-state index contributed by atoms with van der Waals surface area (Å²) in [4.78, 5) is 2.44. The molecule has 1 saturated heterocycles. The summed E-state index contributed by atoms with van der Waals surface area (Å²) in [5.74, 6) is 7.79. The van der Waals surface area contributed by atoms with Gasteiger partial charge in [0.05, 0.1) is 6.61 Å². The van der Waals surface area contributed by atoms with Gasteiger partial charge in [-0.25, -0.2) is 8.42 Å². The number of sulfonamides is 1. The minimum absolute atomic E-state index is 0.0599. The number of benzene rings is 1. The first-order valence-electron chi connectivity index (χ1n) is 12.5. The second-order valence-corrected chi connectivity index (χ2v) is 12.1. The highest BCUT2D eigenvalue weighted by Gasteiger charge is 2.38. The standard InChI is InChI=1S/C26H38N2O5S/c1-19-15-28(20(2)18-29)34(30,31)26-9-8-22(7-6-21-4-5-21)14-24(26)33-25(19)17-27(3)16-23-10-12-32-13-11-23/h8-9,14,19-21,23,25,29H,4-5,10-13,15-18H2,1-3H3/t19-,20-,25-/m0/s1. The van der Waals surface area contributed by atoms with E-state index in [9.17, 15) is 13.5 Å². The van der Waals surface area contributed by atoms with Crippen molar-refractivity contribution in [2.24, 2.45) is 17.8 Å². The Morgan fingerprint density at radius 1 is 1.21 bits per heavy atom. The lowest BCUT2D eigenvalue weighted by atomic mass is 9.98. The molecule has 0 radical (unpaired) electrons. The van der Waals surface area contributed by atoms with E-state index < -0.39 is 16.1 Å². The molecule has 1 aliphatic carbocycles. The van der Waals surface area contributed by atoms with Crippen molar-refractivity contribution in [2.75, 3.05) is 46.5 Å². The Morgan fingerprint density at radius 2 is 1.94 bits per heavy atom. The molecule has 1 aromatic rings. The lowest BCUT2D eigenvalue weighted by Gasteiger charge is -2.38. The van der Waals surface area contributed by atoms with Gasteiger partial charge < -0.3 is 19.5 Å². The second-order valence-electron chi connectivity index (χ2n) is 10.2. The minimum Gasteiger partial charge on any atom is -0.487 e. The molecule has 2 heterocycles. The number of ether oxygens (including phenoxy) is 2. The van der Waals surface area contributed by atoms with Crippen molar-refractivity contribution in [3.8, 4) is 17.6 Å². The highest BCUT2D eigenvalue weighted by atomic mass is 32.2. The van der Waals surface area contributed by atoms with Crippen LogP contribution >= 0.6 is 0 Å². The molecule has 8 heteroatoms. The molecular formula is C26H38N2O5S. The van der Waals surface area contributed by atoms with Crippen LogP contribution in [0.2, 0.25) is 0 Å². The maximum absolute atomic E-state index is 13.6. The Labute approximate surface area is 204 Å². The fourth-order valence-electron chi connectivity index (χ4n) is 4.69. The third kappa shape index (κ3) is 6.13. The first-order valence-corrected chi connectivity index (χ1v) is 13.9. The quantitative estimate of drug-likeness (QED) is 0.618. The first-order chi connectivity index (χ1) is 16.3. The number of fused-ring (bicyclic) bond motifs is 1. The Kier molecular flexibility index (Phi) is 8.21. The summed E-state index contributed by atoms with van der Waals surface area (Å²) in [5, 5.41) is 9.81. The molecule has 0 spiro atoms. The molecule has 0 unspecified atom stereocenters. The van der Waals surface area contributed by atoms with Crippen molar-refractivity contribution in [2.45, 2.75) is 56.6 Å². The molecule has 34 heavy (non-hydrogen) atoms. The Morgan fingerprint density at radius 3 is 2.62 bits per heavy atom. The fraction of sp³-hybridized carbons (Fsp3) is 0.692. The van der Waals surface area contributed by atoms with Crippen LogP contribution in [0, 0.1) is 29.6 Å². The summed E-state index contributed by atoms with van der Waals surface area (Å²) in [7, 11) is -1.72. The molecule has 188 valence electrons. The fourth-order valence-corrected chi connectivity index (χ4v) is 6.51. The van der Waals surface area contributed by atoms with Crippen LogP contribution in [0.15, 0.2) is 23.1 Å². The Hall–Kier alpha value is -1.63. The molecule has 2 fully saturated rings. The number of hydrogen-bond donors (Lipinski definition) is 1. The molecule has 3 atom stereocenters.